The molecular weight excluding hydrogens is 240 g/mol. The first-order chi connectivity index (χ1) is 7.71. The Morgan fingerprint density at radius 3 is 2.28 bits per heavy atom. The van der Waals surface area contributed by atoms with Crippen LogP contribution >= 0.6 is 0 Å². The number of hydrogen-bond donors (Lipinski definition) is 0. The second-order valence-corrected chi connectivity index (χ2v) is 3.69. The van der Waals surface area contributed by atoms with Crippen LogP contribution in [0, 0.1) is 13.8 Å². The zero-order valence-electron chi connectivity index (χ0n) is 10.3. The van der Waals surface area contributed by atoms with E-state index in [1.807, 2.05) is 0 Å². The Bertz CT molecular complexity index is 479. The SMILES string of the molecule is Cc1ccc(C(=O)/C=C(\[O-])C(F)(F)F)c(C)c1.[Li+]. The Labute approximate surface area is 115 Å². The van der Waals surface area contributed by atoms with E-state index >= 15 is 0 Å². The molecule has 0 atom stereocenters. The number of hydrogen-bond acceptors (Lipinski definition) is 2. The van der Waals surface area contributed by atoms with E-state index in [9.17, 15) is 23.1 Å². The molecule has 1 rings (SSSR count). The summed E-state index contributed by atoms with van der Waals surface area (Å²) in [5.41, 5.74) is 1.54. The third-order valence-electron chi connectivity index (χ3n) is 2.19. The van der Waals surface area contributed by atoms with Gasteiger partial charge in [0.25, 0.3) is 0 Å². The van der Waals surface area contributed by atoms with Crippen molar-refractivity contribution in [3.63, 3.8) is 0 Å². The molecule has 0 aromatic heterocycles. The monoisotopic (exact) mass is 250 g/mol. The number of benzene rings is 1. The molecule has 6 heteroatoms. The van der Waals surface area contributed by atoms with E-state index in [0.29, 0.717) is 5.56 Å². The predicted molar refractivity (Wildman–Crippen MR) is 54.4 cm³/mol. The molecule has 92 valence electrons. The van der Waals surface area contributed by atoms with E-state index in [4.69, 9.17) is 0 Å². The first-order valence-corrected chi connectivity index (χ1v) is 4.79. The molecule has 0 saturated carbocycles. The Morgan fingerprint density at radius 2 is 1.83 bits per heavy atom. The third kappa shape index (κ3) is 4.24. The molecule has 0 bridgehead atoms. The van der Waals surface area contributed by atoms with Gasteiger partial charge in [-0.2, -0.15) is 13.2 Å². The third-order valence-corrected chi connectivity index (χ3v) is 2.19. The summed E-state index contributed by atoms with van der Waals surface area (Å²) < 4.78 is 35.9. The van der Waals surface area contributed by atoms with Gasteiger partial charge in [0.2, 0.25) is 0 Å². The zero-order valence-corrected chi connectivity index (χ0v) is 10.3. The van der Waals surface area contributed by atoms with Crippen molar-refractivity contribution >= 4 is 5.78 Å². The summed E-state index contributed by atoms with van der Waals surface area (Å²) in [6, 6.07) is 4.68. The smallest absolute Gasteiger partial charge is 0.869 e. The van der Waals surface area contributed by atoms with Crippen LogP contribution in [-0.4, -0.2) is 12.0 Å². The number of ketones is 1. The number of alkyl halides is 3. The van der Waals surface area contributed by atoms with Crippen molar-refractivity contribution in [3.05, 3.63) is 46.7 Å². The van der Waals surface area contributed by atoms with E-state index in [1.165, 1.54) is 6.07 Å². The van der Waals surface area contributed by atoms with Crippen molar-refractivity contribution in [1.82, 2.24) is 0 Å². The van der Waals surface area contributed by atoms with Gasteiger partial charge in [0.1, 0.15) is 0 Å². The van der Waals surface area contributed by atoms with E-state index in [0.717, 1.165) is 5.56 Å². The van der Waals surface area contributed by atoms with Crippen LogP contribution in [0.2, 0.25) is 0 Å². The van der Waals surface area contributed by atoms with Crippen LogP contribution in [0.3, 0.4) is 0 Å². The van der Waals surface area contributed by atoms with Gasteiger partial charge < -0.3 is 5.11 Å². The predicted octanol–water partition coefficient (Wildman–Crippen LogP) is -0.703. The number of allylic oxidation sites excluding steroid dienone is 2. The number of carbonyl (C=O) groups is 1. The average molecular weight is 250 g/mol. The number of carbonyl (C=O) groups excluding carboxylic acids is 1. The van der Waals surface area contributed by atoms with Crippen molar-refractivity contribution < 1.29 is 41.9 Å². The van der Waals surface area contributed by atoms with Gasteiger partial charge in [0.15, 0.2) is 5.78 Å². The Morgan fingerprint density at radius 1 is 1.28 bits per heavy atom. The normalized spacial score (nSPS) is 11.9. The molecule has 0 aliphatic carbocycles. The van der Waals surface area contributed by atoms with Crippen LogP contribution in [0.15, 0.2) is 30.0 Å². The van der Waals surface area contributed by atoms with Gasteiger partial charge in [-0.15, -0.1) is 0 Å². The fourth-order valence-corrected chi connectivity index (χ4v) is 1.37. The van der Waals surface area contributed by atoms with Crippen molar-refractivity contribution in [1.29, 1.82) is 0 Å². The average Bonchev–Trinajstić information content (AvgIpc) is 2.15. The van der Waals surface area contributed by atoms with E-state index in [-0.39, 0.29) is 30.5 Å². The summed E-state index contributed by atoms with van der Waals surface area (Å²) in [7, 11) is 0. The van der Waals surface area contributed by atoms with Crippen LogP contribution in [0.1, 0.15) is 21.5 Å². The topological polar surface area (TPSA) is 40.1 Å². The molecule has 0 aliphatic rings. The van der Waals surface area contributed by atoms with Gasteiger partial charge >= 0.3 is 25.0 Å². The largest absolute Gasteiger partial charge is 1.00 e. The van der Waals surface area contributed by atoms with Crippen LogP contribution in [0.25, 0.3) is 0 Å². The maximum absolute atomic E-state index is 12.0. The number of aryl methyl sites for hydroxylation is 2. The molecule has 0 spiro atoms. The Hall–Kier alpha value is -1.18. The minimum Gasteiger partial charge on any atom is -0.869 e. The molecule has 0 radical (unpaired) electrons. The molecule has 0 heterocycles. The molecule has 0 unspecified atom stereocenters. The molecule has 1 aromatic carbocycles. The van der Waals surface area contributed by atoms with E-state index in [1.54, 1.807) is 26.0 Å². The summed E-state index contributed by atoms with van der Waals surface area (Å²) in [5.74, 6) is -3.06. The second-order valence-electron chi connectivity index (χ2n) is 3.69. The number of rotatable bonds is 2. The van der Waals surface area contributed by atoms with Crippen molar-refractivity contribution in [2.75, 3.05) is 0 Å². The van der Waals surface area contributed by atoms with Gasteiger partial charge in [-0.25, -0.2) is 0 Å². The van der Waals surface area contributed by atoms with Crippen molar-refractivity contribution in [2.45, 2.75) is 20.0 Å². The molecule has 2 nitrogen and oxygen atoms in total. The van der Waals surface area contributed by atoms with Gasteiger partial charge in [0, 0.05) is 5.56 Å². The molecule has 0 amide bonds. The van der Waals surface area contributed by atoms with Gasteiger partial charge in [-0.05, 0) is 31.2 Å². The summed E-state index contributed by atoms with van der Waals surface area (Å²) in [5, 5.41) is 10.6. The quantitative estimate of drug-likeness (QED) is 0.301. The molecule has 18 heavy (non-hydrogen) atoms. The minimum atomic E-state index is -5.01. The second kappa shape index (κ2) is 6.12. The standard InChI is InChI=1S/C12H11F3O2.Li/c1-7-3-4-9(8(2)5-7)10(16)6-11(17)12(13,14)15;/h3-6,17H,1-2H3;/q;+1/p-1/b11-6-;. The molecule has 0 N–H and O–H groups in total. The van der Waals surface area contributed by atoms with Crippen LogP contribution < -0.4 is 24.0 Å². The fraction of sp³-hybridized carbons (Fsp3) is 0.250. The van der Waals surface area contributed by atoms with E-state index in [2.05, 4.69) is 0 Å². The van der Waals surface area contributed by atoms with Crippen LogP contribution in [0.5, 0.6) is 0 Å². The molecular formula is C12H10F3LiO2. The summed E-state index contributed by atoms with van der Waals surface area (Å²) in [6.45, 7) is 3.40. The molecule has 1 aromatic rings. The van der Waals surface area contributed by atoms with Crippen LogP contribution in [0.4, 0.5) is 13.2 Å². The zero-order chi connectivity index (χ0) is 13.2. The van der Waals surface area contributed by atoms with Crippen LogP contribution in [-0.2, 0) is 0 Å². The van der Waals surface area contributed by atoms with Gasteiger partial charge in [0.05, 0.1) is 0 Å². The molecule has 0 saturated heterocycles. The minimum absolute atomic E-state index is 0. The van der Waals surface area contributed by atoms with Gasteiger partial charge in [-0.3, -0.25) is 4.79 Å². The van der Waals surface area contributed by atoms with Gasteiger partial charge in [-0.1, -0.05) is 23.8 Å². The van der Waals surface area contributed by atoms with Crippen molar-refractivity contribution in [2.24, 2.45) is 0 Å². The summed E-state index contributed by atoms with van der Waals surface area (Å²) >= 11 is 0. The Balaban J connectivity index is 0.00000289. The molecule has 0 aliphatic heterocycles. The number of halogens is 3. The fourth-order valence-electron chi connectivity index (χ4n) is 1.37. The first-order valence-electron chi connectivity index (χ1n) is 4.79. The summed E-state index contributed by atoms with van der Waals surface area (Å²) in [6.07, 6.45) is -4.92. The maximum Gasteiger partial charge on any atom is 1.00 e. The van der Waals surface area contributed by atoms with Crippen molar-refractivity contribution in [3.8, 4) is 0 Å². The molecule has 0 fully saturated rings. The first kappa shape index (κ1) is 16.8. The summed E-state index contributed by atoms with van der Waals surface area (Å²) in [4.78, 5) is 11.5. The maximum atomic E-state index is 12.0. The Kier molecular flexibility index (Phi) is 5.72. The van der Waals surface area contributed by atoms with E-state index < -0.39 is 17.7 Å².